The number of hydrogen-bond donors (Lipinski definition) is 1. The molecule has 2 rings (SSSR count). The average molecular weight is 392 g/mol. The second kappa shape index (κ2) is 6.19. The van der Waals surface area contributed by atoms with Crippen LogP contribution in [0.2, 0.25) is 5.02 Å². The lowest BCUT2D eigenvalue weighted by atomic mass is 10.1. The van der Waals surface area contributed by atoms with Crippen molar-refractivity contribution in [2.75, 3.05) is 0 Å². The predicted molar refractivity (Wildman–Crippen MR) is 83.2 cm³/mol. The second-order valence-corrected chi connectivity index (χ2v) is 6.20. The fourth-order valence-electron chi connectivity index (χ4n) is 1.90. The number of hydrogen-bond acceptors (Lipinski definition) is 3. The maximum Gasteiger partial charge on any atom is 0.138 e. The Labute approximate surface area is 130 Å². The zero-order valence-corrected chi connectivity index (χ0v) is 13.6. The molecule has 6 heteroatoms. The van der Waals surface area contributed by atoms with Gasteiger partial charge in [0.2, 0.25) is 0 Å². The highest BCUT2D eigenvalue weighted by atomic mass is 127. The Morgan fingerprint density at radius 1 is 1.42 bits per heavy atom. The third kappa shape index (κ3) is 3.46. The van der Waals surface area contributed by atoms with E-state index in [1.165, 1.54) is 6.33 Å². The molecule has 19 heavy (non-hydrogen) atoms. The first-order valence-electron chi connectivity index (χ1n) is 6.00. The summed E-state index contributed by atoms with van der Waals surface area (Å²) in [5.41, 5.74) is 0.825. The van der Waals surface area contributed by atoms with Gasteiger partial charge in [-0.25, -0.2) is 9.67 Å². The molecule has 1 heterocycles. The van der Waals surface area contributed by atoms with Gasteiger partial charge in [-0.3, -0.25) is 0 Å². The first-order chi connectivity index (χ1) is 8.99. The first kappa shape index (κ1) is 14.7. The van der Waals surface area contributed by atoms with Crippen molar-refractivity contribution in [3.05, 3.63) is 44.5 Å². The molecule has 0 saturated heterocycles. The van der Waals surface area contributed by atoms with E-state index in [4.69, 9.17) is 11.6 Å². The van der Waals surface area contributed by atoms with Crippen molar-refractivity contribution in [2.24, 2.45) is 0 Å². The normalized spacial score (nSPS) is 12.9. The van der Waals surface area contributed by atoms with E-state index < -0.39 is 6.10 Å². The molecule has 0 saturated carbocycles. The van der Waals surface area contributed by atoms with E-state index in [1.807, 2.05) is 30.7 Å². The zero-order chi connectivity index (χ0) is 14.0. The van der Waals surface area contributed by atoms with Gasteiger partial charge in [0.1, 0.15) is 12.2 Å². The molecule has 1 aromatic carbocycles. The van der Waals surface area contributed by atoms with E-state index in [1.54, 1.807) is 6.07 Å². The molecule has 0 bridgehead atoms. The minimum Gasteiger partial charge on any atom is -0.388 e. The van der Waals surface area contributed by atoms with Gasteiger partial charge in [-0.1, -0.05) is 11.6 Å². The molecule has 1 aromatic heterocycles. The maximum absolute atomic E-state index is 10.4. The molecule has 0 aliphatic heterocycles. The van der Waals surface area contributed by atoms with Crippen LogP contribution in [0.5, 0.6) is 0 Å². The molecule has 1 unspecified atom stereocenters. The summed E-state index contributed by atoms with van der Waals surface area (Å²) < 4.78 is 2.81. The Bertz CT molecular complexity index is 571. The fraction of sp³-hybridized carbons (Fsp3) is 0.385. The minimum absolute atomic E-state index is 0.225. The summed E-state index contributed by atoms with van der Waals surface area (Å²) in [4.78, 5) is 4.21. The summed E-state index contributed by atoms with van der Waals surface area (Å²) in [5, 5.41) is 15.2. The van der Waals surface area contributed by atoms with E-state index >= 15 is 0 Å². The Balaban J connectivity index is 2.23. The lowest BCUT2D eigenvalue weighted by molar-refractivity contribution is 0.172. The van der Waals surface area contributed by atoms with Crippen LogP contribution < -0.4 is 0 Å². The number of aliphatic hydroxyl groups excluding tert-OH is 1. The average Bonchev–Trinajstić information content (AvgIpc) is 2.80. The molecule has 4 nitrogen and oxygen atoms in total. The van der Waals surface area contributed by atoms with Crippen molar-refractivity contribution in [3.8, 4) is 0 Å². The molecule has 1 atom stereocenters. The summed E-state index contributed by atoms with van der Waals surface area (Å²) >= 11 is 8.17. The van der Waals surface area contributed by atoms with Crippen molar-refractivity contribution in [1.82, 2.24) is 14.8 Å². The monoisotopic (exact) mass is 391 g/mol. The predicted octanol–water partition coefficient (Wildman–Crippen LogP) is 3.39. The number of benzene rings is 1. The van der Waals surface area contributed by atoms with E-state index in [0.29, 0.717) is 11.4 Å². The van der Waals surface area contributed by atoms with Gasteiger partial charge in [-0.2, -0.15) is 5.10 Å². The molecule has 0 spiro atoms. The SMILES string of the molecule is CC(C)n1ncnc1CC(O)c1cc(Cl)ccc1I. The standard InChI is InChI=1S/C13H15ClIN3O/c1-8(2)18-13(16-7-17-18)6-12(19)10-5-9(14)3-4-11(10)15/h3-5,7-8,12,19H,6H2,1-2H3. The topological polar surface area (TPSA) is 50.9 Å². The first-order valence-corrected chi connectivity index (χ1v) is 7.46. The van der Waals surface area contributed by atoms with Crippen LogP contribution in [-0.4, -0.2) is 19.9 Å². The number of aliphatic hydroxyl groups is 1. The zero-order valence-electron chi connectivity index (χ0n) is 10.7. The highest BCUT2D eigenvalue weighted by Gasteiger charge is 2.17. The molecule has 0 radical (unpaired) electrons. The van der Waals surface area contributed by atoms with Crippen LogP contribution in [0.15, 0.2) is 24.5 Å². The Morgan fingerprint density at radius 3 is 2.84 bits per heavy atom. The summed E-state index contributed by atoms with van der Waals surface area (Å²) in [6.45, 7) is 4.07. The van der Waals surface area contributed by atoms with Crippen LogP contribution in [0.25, 0.3) is 0 Å². The van der Waals surface area contributed by atoms with Crippen LogP contribution >= 0.6 is 34.2 Å². The third-order valence-corrected chi connectivity index (χ3v) is 4.05. The highest BCUT2D eigenvalue weighted by Crippen LogP contribution is 2.26. The number of rotatable bonds is 4. The maximum atomic E-state index is 10.4. The Kier molecular flexibility index (Phi) is 4.81. The summed E-state index contributed by atoms with van der Waals surface area (Å²) in [6.07, 6.45) is 1.31. The summed E-state index contributed by atoms with van der Waals surface area (Å²) in [6, 6.07) is 5.73. The van der Waals surface area contributed by atoms with Gasteiger partial charge in [0.05, 0.1) is 6.10 Å². The van der Waals surface area contributed by atoms with Crippen LogP contribution in [0.4, 0.5) is 0 Å². The molecular formula is C13H15ClIN3O. The fourth-order valence-corrected chi connectivity index (χ4v) is 2.78. The summed E-state index contributed by atoms with van der Waals surface area (Å²) in [7, 11) is 0. The number of halogens is 2. The van der Waals surface area contributed by atoms with E-state index in [2.05, 4.69) is 32.7 Å². The molecule has 102 valence electrons. The van der Waals surface area contributed by atoms with Gasteiger partial charge in [-0.15, -0.1) is 0 Å². The minimum atomic E-state index is -0.632. The number of aromatic nitrogens is 3. The summed E-state index contributed by atoms with van der Waals surface area (Å²) in [5.74, 6) is 0.776. The third-order valence-electron chi connectivity index (χ3n) is 2.83. The molecular weight excluding hydrogens is 377 g/mol. The largest absolute Gasteiger partial charge is 0.388 e. The van der Waals surface area contributed by atoms with Crippen LogP contribution in [0.1, 0.15) is 37.4 Å². The molecule has 0 aliphatic rings. The van der Waals surface area contributed by atoms with E-state index in [-0.39, 0.29) is 6.04 Å². The molecule has 1 N–H and O–H groups in total. The van der Waals surface area contributed by atoms with Crippen LogP contribution in [0, 0.1) is 3.57 Å². The second-order valence-electron chi connectivity index (χ2n) is 4.60. The smallest absolute Gasteiger partial charge is 0.138 e. The Morgan fingerprint density at radius 2 is 2.16 bits per heavy atom. The lowest BCUT2D eigenvalue weighted by Gasteiger charge is -2.15. The molecule has 0 fully saturated rings. The van der Waals surface area contributed by atoms with Gasteiger partial charge in [0, 0.05) is 21.1 Å². The van der Waals surface area contributed by atoms with Gasteiger partial charge < -0.3 is 5.11 Å². The van der Waals surface area contributed by atoms with E-state index in [9.17, 15) is 5.11 Å². The van der Waals surface area contributed by atoms with Gasteiger partial charge in [-0.05, 0) is 60.2 Å². The number of nitrogens with zero attached hydrogens (tertiary/aromatic N) is 3. The van der Waals surface area contributed by atoms with Gasteiger partial charge >= 0.3 is 0 Å². The Hall–Kier alpha value is -0.660. The molecule has 2 aromatic rings. The van der Waals surface area contributed by atoms with E-state index in [0.717, 1.165) is 15.0 Å². The van der Waals surface area contributed by atoms with Crippen molar-refractivity contribution in [1.29, 1.82) is 0 Å². The van der Waals surface area contributed by atoms with Crippen molar-refractivity contribution in [2.45, 2.75) is 32.4 Å². The highest BCUT2D eigenvalue weighted by molar-refractivity contribution is 14.1. The quantitative estimate of drug-likeness (QED) is 0.813. The molecule has 0 amide bonds. The lowest BCUT2D eigenvalue weighted by Crippen LogP contribution is -2.12. The van der Waals surface area contributed by atoms with Gasteiger partial charge in [0.25, 0.3) is 0 Å². The molecule has 0 aliphatic carbocycles. The van der Waals surface area contributed by atoms with Crippen molar-refractivity contribution < 1.29 is 5.11 Å². The van der Waals surface area contributed by atoms with Crippen LogP contribution in [0.3, 0.4) is 0 Å². The van der Waals surface area contributed by atoms with Crippen LogP contribution in [-0.2, 0) is 6.42 Å². The van der Waals surface area contributed by atoms with Gasteiger partial charge in [0.15, 0.2) is 0 Å². The van der Waals surface area contributed by atoms with Crippen molar-refractivity contribution in [3.63, 3.8) is 0 Å². The van der Waals surface area contributed by atoms with Crippen molar-refractivity contribution >= 4 is 34.2 Å².